The molecule has 2 rings (SSSR count). The van der Waals surface area contributed by atoms with E-state index in [1.807, 2.05) is 0 Å². The monoisotopic (exact) mass is 314 g/mol. The molecule has 1 heterocycles. The lowest BCUT2D eigenvalue weighted by molar-refractivity contribution is 1.22. The number of fused-ring (bicyclic) bond motifs is 1. The predicted octanol–water partition coefficient (Wildman–Crippen LogP) is 4.76. The van der Waals surface area contributed by atoms with Crippen LogP contribution in [0.15, 0.2) is 18.2 Å². The van der Waals surface area contributed by atoms with Crippen molar-refractivity contribution in [1.82, 2.24) is 9.97 Å². The zero-order chi connectivity index (χ0) is 11.9. The summed E-state index contributed by atoms with van der Waals surface area (Å²) in [5.41, 5.74) is 1.61. The van der Waals surface area contributed by atoms with Crippen molar-refractivity contribution in [3.63, 3.8) is 0 Å². The van der Waals surface area contributed by atoms with Crippen LogP contribution < -0.4 is 0 Å². The lowest BCUT2D eigenvalue weighted by Gasteiger charge is -2.11. The van der Waals surface area contributed by atoms with Crippen LogP contribution in [0.2, 0.25) is 10.3 Å². The van der Waals surface area contributed by atoms with Crippen LogP contribution in [0.25, 0.3) is 11.0 Å². The van der Waals surface area contributed by atoms with Gasteiger partial charge < -0.3 is 0 Å². The molecule has 0 aliphatic carbocycles. The van der Waals surface area contributed by atoms with Crippen molar-refractivity contribution >= 4 is 69.0 Å². The molecule has 0 radical (unpaired) electrons. The lowest BCUT2D eigenvalue weighted by Crippen LogP contribution is -2.00. The molecule has 7 heteroatoms. The van der Waals surface area contributed by atoms with Gasteiger partial charge in [0.1, 0.15) is 0 Å². The molecule has 16 heavy (non-hydrogen) atoms. The van der Waals surface area contributed by atoms with E-state index >= 15 is 0 Å². The highest BCUT2D eigenvalue weighted by molar-refractivity contribution is 6.66. The fourth-order valence-electron chi connectivity index (χ4n) is 1.19. The van der Waals surface area contributed by atoms with Crippen LogP contribution in [-0.2, 0) is 3.79 Å². The van der Waals surface area contributed by atoms with E-state index in [0.29, 0.717) is 16.6 Å². The maximum absolute atomic E-state index is 5.75. The van der Waals surface area contributed by atoms with Gasteiger partial charge >= 0.3 is 0 Å². The summed E-state index contributed by atoms with van der Waals surface area (Å²) < 4.78 is -1.50. The molecule has 1 aromatic heterocycles. The summed E-state index contributed by atoms with van der Waals surface area (Å²) in [6.07, 6.45) is 0. The minimum Gasteiger partial charge on any atom is -0.231 e. The Morgan fingerprint density at radius 3 is 2.00 bits per heavy atom. The van der Waals surface area contributed by atoms with E-state index in [2.05, 4.69) is 9.97 Å². The van der Waals surface area contributed by atoms with Crippen molar-refractivity contribution in [2.75, 3.05) is 0 Å². The fraction of sp³-hybridized carbons (Fsp3) is 0.111. The van der Waals surface area contributed by atoms with Gasteiger partial charge in [0.25, 0.3) is 0 Å². The fourth-order valence-corrected chi connectivity index (χ4v) is 1.81. The third-order valence-corrected chi connectivity index (χ3v) is 3.19. The summed E-state index contributed by atoms with van der Waals surface area (Å²) >= 11 is 28.7. The van der Waals surface area contributed by atoms with Crippen molar-refractivity contribution in [3.8, 4) is 0 Å². The molecule has 0 N–H and O–H groups in total. The molecule has 0 unspecified atom stereocenters. The maximum atomic E-state index is 5.75. The first-order valence-corrected chi connectivity index (χ1v) is 5.97. The molecule has 0 fully saturated rings. The standard InChI is InChI=1S/C9H3Cl5N2/c10-7-8(11)16-6-3-4(9(12,13)14)1-2-5(6)15-7/h1-3H. The number of halogens is 5. The van der Waals surface area contributed by atoms with Gasteiger partial charge in [0.2, 0.25) is 3.79 Å². The number of alkyl halides is 3. The number of aromatic nitrogens is 2. The van der Waals surface area contributed by atoms with E-state index in [1.54, 1.807) is 18.2 Å². The molecular weight excluding hydrogens is 313 g/mol. The Morgan fingerprint density at radius 2 is 1.44 bits per heavy atom. The second-order valence-electron chi connectivity index (χ2n) is 3.01. The van der Waals surface area contributed by atoms with E-state index in [4.69, 9.17) is 58.0 Å². The summed E-state index contributed by atoms with van der Waals surface area (Å²) in [7, 11) is 0. The summed E-state index contributed by atoms with van der Waals surface area (Å²) in [5, 5.41) is 0.270. The molecule has 0 spiro atoms. The molecule has 0 amide bonds. The van der Waals surface area contributed by atoms with E-state index in [1.165, 1.54) is 0 Å². The Kier molecular flexibility index (Phi) is 3.39. The zero-order valence-corrected chi connectivity index (χ0v) is 11.3. The minimum absolute atomic E-state index is 0.121. The molecule has 0 atom stereocenters. The average molecular weight is 316 g/mol. The van der Waals surface area contributed by atoms with Crippen LogP contribution in [0.1, 0.15) is 5.56 Å². The molecule has 0 saturated heterocycles. The van der Waals surface area contributed by atoms with Gasteiger partial charge in [-0.1, -0.05) is 64.1 Å². The Balaban J connectivity index is 2.67. The van der Waals surface area contributed by atoms with Crippen LogP contribution in [-0.4, -0.2) is 9.97 Å². The normalized spacial score (nSPS) is 12.1. The van der Waals surface area contributed by atoms with Gasteiger partial charge in [-0.15, -0.1) is 0 Å². The Labute approximate surface area is 116 Å². The zero-order valence-electron chi connectivity index (χ0n) is 7.52. The van der Waals surface area contributed by atoms with Gasteiger partial charge in [0, 0.05) is 5.56 Å². The molecule has 2 nitrogen and oxygen atoms in total. The van der Waals surface area contributed by atoms with Crippen LogP contribution in [0, 0.1) is 0 Å². The van der Waals surface area contributed by atoms with Gasteiger partial charge in [-0.25, -0.2) is 9.97 Å². The highest BCUT2D eigenvalue weighted by Crippen LogP contribution is 2.39. The van der Waals surface area contributed by atoms with Gasteiger partial charge in [-0.2, -0.15) is 0 Å². The van der Waals surface area contributed by atoms with Crippen molar-refractivity contribution in [2.45, 2.75) is 3.79 Å². The number of nitrogens with zero attached hydrogens (tertiary/aromatic N) is 2. The second-order valence-corrected chi connectivity index (χ2v) is 6.00. The third kappa shape index (κ3) is 2.47. The Bertz CT molecular complexity index is 549. The molecule has 2 aromatic rings. The molecular formula is C9H3Cl5N2. The highest BCUT2D eigenvalue weighted by atomic mass is 35.6. The number of benzene rings is 1. The molecule has 0 saturated carbocycles. The van der Waals surface area contributed by atoms with Gasteiger partial charge in [-0.05, 0) is 12.1 Å². The lowest BCUT2D eigenvalue weighted by atomic mass is 10.2. The quantitative estimate of drug-likeness (QED) is 0.655. The average Bonchev–Trinajstić information content (AvgIpc) is 2.17. The summed E-state index contributed by atoms with van der Waals surface area (Å²) in [4.78, 5) is 8.08. The van der Waals surface area contributed by atoms with Gasteiger partial charge in [-0.3, -0.25) is 0 Å². The first-order chi connectivity index (χ1) is 7.38. The first kappa shape index (κ1) is 12.5. The van der Waals surface area contributed by atoms with Crippen molar-refractivity contribution < 1.29 is 0 Å². The van der Waals surface area contributed by atoms with Crippen LogP contribution in [0.3, 0.4) is 0 Å². The number of rotatable bonds is 0. The third-order valence-electron chi connectivity index (χ3n) is 1.91. The van der Waals surface area contributed by atoms with Crippen molar-refractivity contribution in [1.29, 1.82) is 0 Å². The maximum Gasteiger partial charge on any atom is 0.216 e. The number of hydrogen-bond donors (Lipinski definition) is 0. The van der Waals surface area contributed by atoms with E-state index < -0.39 is 3.79 Å². The Hall–Kier alpha value is 0.01000. The largest absolute Gasteiger partial charge is 0.231 e. The smallest absolute Gasteiger partial charge is 0.216 e. The molecule has 84 valence electrons. The Morgan fingerprint density at radius 1 is 0.875 bits per heavy atom. The van der Waals surface area contributed by atoms with Gasteiger partial charge in [0.05, 0.1) is 11.0 Å². The summed E-state index contributed by atoms with van der Waals surface area (Å²) in [6, 6.07) is 4.92. The predicted molar refractivity (Wildman–Crippen MR) is 68.8 cm³/mol. The van der Waals surface area contributed by atoms with Crippen LogP contribution >= 0.6 is 58.0 Å². The SMILES string of the molecule is Clc1nc2ccc(C(Cl)(Cl)Cl)cc2nc1Cl. The van der Waals surface area contributed by atoms with E-state index in [0.717, 1.165) is 0 Å². The molecule has 1 aromatic carbocycles. The second kappa shape index (κ2) is 4.35. The van der Waals surface area contributed by atoms with Crippen LogP contribution in [0.4, 0.5) is 0 Å². The minimum atomic E-state index is -1.50. The summed E-state index contributed by atoms with van der Waals surface area (Å²) in [5.74, 6) is 0. The molecule has 0 aliphatic heterocycles. The molecule has 0 aliphatic rings. The summed E-state index contributed by atoms with van der Waals surface area (Å²) in [6.45, 7) is 0. The first-order valence-electron chi connectivity index (χ1n) is 4.08. The number of hydrogen-bond acceptors (Lipinski definition) is 2. The van der Waals surface area contributed by atoms with E-state index in [-0.39, 0.29) is 10.3 Å². The topological polar surface area (TPSA) is 25.8 Å². The van der Waals surface area contributed by atoms with Crippen LogP contribution in [0.5, 0.6) is 0 Å². The van der Waals surface area contributed by atoms with Gasteiger partial charge in [0.15, 0.2) is 10.3 Å². The van der Waals surface area contributed by atoms with E-state index in [9.17, 15) is 0 Å². The van der Waals surface area contributed by atoms with Crippen molar-refractivity contribution in [3.05, 3.63) is 34.1 Å². The molecule has 0 bridgehead atoms. The van der Waals surface area contributed by atoms with Crippen molar-refractivity contribution in [2.24, 2.45) is 0 Å². The highest BCUT2D eigenvalue weighted by Gasteiger charge is 2.23.